The molecule has 5 nitrogen and oxygen atoms in total. The molecule has 1 atom stereocenters. The number of carbonyl (C=O) groups is 1. The molecule has 1 unspecified atom stereocenters. The highest BCUT2D eigenvalue weighted by molar-refractivity contribution is 5.92. The number of amides is 1. The normalized spacial score (nSPS) is 23.2. The molecule has 2 rings (SSSR count). The van der Waals surface area contributed by atoms with E-state index in [1.165, 1.54) is 0 Å². The molecule has 4 N–H and O–H groups in total. The first-order valence-corrected chi connectivity index (χ1v) is 5.99. The summed E-state index contributed by atoms with van der Waals surface area (Å²) in [6.45, 7) is 2.05. The Hall–Kier alpha value is -1.43. The van der Waals surface area contributed by atoms with Crippen molar-refractivity contribution in [2.45, 2.75) is 18.6 Å². The lowest BCUT2D eigenvalue weighted by Crippen LogP contribution is -2.40. The highest BCUT2D eigenvalue weighted by Crippen LogP contribution is 2.17. The van der Waals surface area contributed by atoms with Crippen LogP contribution in [-0.2, 0) is 11.3 Å². The molecule has 0 saturated carbocycles. The Morgan fingerprint density at radius 1 is 1.56 bits per heavy atom. The number of nitrogens with one attached hydrogen (secondary N) is 1. The van der Waals surface area contributed by atoms with Gasteiger partial charge in [0.05, 0.1) is 6.61 Å². The van der Waals surface area contributed by atoms with Gasteiger partial charge in [0.2, 0.25) is 5.91 Å². The van der Waals surface area contributed by atoms with E-state index in [4.69, 9.17) is 10.5 Å². The molecule has 0 bridgehead atoms. The first-order valence-electron chi connectivity index (χ1n) is 5.99. The zero-order valence-corrected chi connectivity index (χ0v) is 10.2. The van der Waals surface area contributed by atoms with Gasteiger partial charge in [-0.1, -0.05) is 12.1 Å². The summed E-state index contributed by atoms with van der Waals surface area (Å²) in [6.07, 6.45) is 0.654. The summed E-state index contributed by atoms with van der Waals surface area (Å²) in [7, 11) is 0. The van der Waals surface area contributed by atoms with Gasteiger partial charge in [-0.25, -0.2) is 0 Å². The monoisotopic (exact) mass is 250 g/mol. The molecule has 0 radical (unpaired) electrons. The molecule has 1 aliphatic rings. The minimum absolute atomic E-state index is 0.376. The second-order valence-corrected chi connectivity index (χ2v) is 4.70. The number of hydrogen-bond donors (Lipinski definition) is 3. The Labute approximate surface area is 106 Å². The maximum absolute atomic E-state index is 11.0. The first kappa shape index (κ1) is 13.0. The second-order valence-electron chi connectivity index (χ2n) is 4.70. The van der Waals surface area contributed by atoms with Gasteiger partial charge >= 0.3 is 0 Å². The molecule has 1 fully saturated rings. The number of rotatable bonds is 5. The average Bonchev–Trinajstić information content (AvgIpc) is 2.77. The molecule has 98 valence electrons. The number of hydrogen-bond acceptors (Lipinski definition) is 4. The molecule has 18 heavy (non-hydrogen) atoms. The summed E-state index contributed by atoms with van der Waals surface area (Å²) < 4.78 is 5.16. The van der Waals surface area contributed by atoms with Crippen LogP contribution >= 0.6 is 0 Å². The van der Waals surface area contributed by atoms with Gasteiger partial charge in [-0.2, -0.15) is 0 Å². The SMILES string of the molecule is NC(=O)c1cccc(CNCC2(O)CCOC2)c1. The van der Waals surface area contributed by atoms with Crippen LogP contribution in [0.1, 0.15) is 22.3 Å². The quantitative estimate of drug-likeness (QED) is 0.688. The van der Waals surface area contributed by atoms with Crippen molar-refractivity contribution in [3.05, 3.63) is 35.4 Å². The van der Waals surface area contributed by atoms with Gasteiger partial charge in [0, 0.05) is 31.7 Å². The summed E-state index contributed by atoms with van der Waals surface area (Å²) in [5.74, 6) is -0.431. The van der Waals surface area contributed by atoms with Crippen LogP contribution in [0, 0.1) is 0 Å². The van der Waals surface area contributed by atoms with Crippen molar-refractivity contribution < 1.29 is 14.6 Å². The lowest BCUT2D eigenvalue weighted by Gasteiger charge is -2.20. The van der Waals surface area contributed by atoms with E-state index in [-0.39, 0.29) is 0 Å². The Bertz CT molecular complexity index is 428. The molecule has 1 saturated heterocycles. The van der Waals surface area contributed by atoms with E-state index >= 15 is 0 Å². The van der Waals surface area contributed by atoms with Crippen LogP contribution in [0.15, 0.2) is 24.3 Å². The van der Waals surface area contributed by atoms with Crippen molar-refractivity contribution in [2.75, 3.05) is 19.8 Å². The number of nitrogens with two attached hydrogens (primary N) is 1. The van der Waals surface area contributed by atoms with Gasteiger partial charge in [-0.05, 0) is 17.7 Å². The zero-order valence-electron chi connectivity index (χ0n) is 10.2. The predicted octanol–water partition coefficient (Wildman–Crippen LogP) is 0.0265. The summed E-state index contributed by atoms with van der Waals surface area (Å²) >= 11 is 0. The summed E-state index contributed by atoms with van der Waals surface area (Å²) in [4.78, 5) is 11.0. The third-order valence-corrected chi connectivity index (χ3v) is 3.08. The van der Waals surface area contributed by atoms with Crippen LogP contribution in [0.2, 0.25) is 0 Å². The van der Waals surface area contributed by atoms with E-state index in [0.717, 1.165) is 5.56 Å². The second kappa shape index (κ2) is 5.48. The van der Waals surface area contributed by atoms with E-state index in [0.29, 0.717) is 38.3 Å². The van der Waals surface area contributed by atoms with Gasteiger partial charge < -0.3 is 20.9 Å². The van der Waals surface area contributed by atoms with Crippen LogP contribution in [0.25, 0.3) is 0 Å². The number of aliphatic hydroxyl groups is 1. The molecular formula is C13H18N2O3. The van der Waals surface area contributed by atoms with E-state index in [9.17, 15) is 9.90 Å². The van der Waals surface area contributed by atoms with Crippen LogP contribution in [0.5, 0.6) is 0 Å². The third kappa shape index (κ3) is 3.29. The molecule has 1 heterocycles. The molecule has 1 aliphatic heterocycles. The Balaban J connectivity index is 1.86. The maximum atomic E-state index is 11.0. The smallest absolute Gasteiger partial charge is 0.248 e. The van der Waals surface area contributed by atoms with Crippen LogP contribution in [-0.4, -0.2) is 36.4 Å². The van der Waals surface area contributed by atoms with Gasteiger partial charge in [0.15, 0.2) is 0 Å². The number of ether oxygens (including phenoxy) is 1. The minimum Gasteiger partial charge on any atom is -0.386 e. The van der Waals surface area contributed by atoms with Crippen molar-refractivity contribution in [1.29, 1.82) is 0 Å². The number of primary amides is 1. The lowest BCUT2D eigenvalue weighted by molar-refractivity contribution is 0.0268. The predicted molar refractivity (Wildman–Crippen MR) is 67.1 cm³/mol. The van der Waals surface area contributed by atoms with Crippen molar-refractivity contribution in [3.8, 4) is 0 Å². The van der Waals surface area contributed by atoms with Gasteiger partial charge in [-0.15, -0.1) is 0 Å². The topological polar surface area (TPSA) is 84.6 Å². The van der Waals surface area contributed by atoms with Gasteiger partial charge in [-0.3, -0.25) is 4.79 Å². The standard InChI is InChI=1S/C13H18N2O3/c14-12(16)11-3-1-2-10(6-11)7-15-8-13(17)4-5-18-9-13/h1-3,6,15,17H,4-5,7-9H2,(H2,14,16). The molecule has 0 aliphatic carbocycles. The third-order valence-electron chi connectivity index (χ3n) is 3.08. The van der Waals surface area contributed by atoms with Gasteiger partial charge in [0.1, 0.15) is 5.60 Å². The minimum atomic E-state index is -0.763. The van der Waals surface area contributed by atoms with Crippen LogP contribution in [0.3, 0.4) is 0 Å². The summed E-state index contributed by atoms with van der Waals surface area (Å²) in [6, 6.07) is 7.15. The van der Waals surface area contributed by atoms with Crippen molar-refractivity contribution >= 4 is 5.91 Å². The highest BCUT2D eigenvalue weighted by Gasteiger charge is 2.31. The highest BCUT2D eigenvalue weighted by atomic mass is 16.5. The molecule has 1 amide bonds. The van der Waals surface area contributed by atoms with Gasteiger partial charge in [0.25, 0.3) is 0 Å². The average molecular weight is 250 g/mol. The number of benzene rings is 1. The fraction of sp³-hybridized carbons (Fsp3) is 0.462. The largest absolute Gasteiger partial charge is 0.386 e. The fourth-order valence-electron chi connectivity index (χ4n) is 2.01. The maximum Gasteiger partial charge on any atom is 0.248 e. The number of carbonyl (C=O) groups excluding carboxylic acids is 1. The molecule has 0 aromatic heterocycles. The Kier molecular flexibility index (Phi) is 3.96. The summed E-state index contributed by atoms with van der Waals surface area (Å²) in [5.41, 5.74) is 5.92. The van der Waals surface area contributed by atoms with E-state index in [2.05, 4.69) is 5.32 Å². The lowest BCUT2D eigenvalue weighted by atomic mass is 10.0. The zero-order chi connectivity index (χ0) is 13.0. The summed E-state index contributed by atoms with van der Waals surface area (Å²) in [5, 5.41) is 13.2. The Morgan fingerprint density at radius 3 is 3.06 bits per heavy atom. The van der Waals surface area contributed by atoms with Crippen molar-refractivity contribution in [2.24, 2.45) is 5.73 Å². The fourth-order valence-corrected chi connectivity index (χ4v) is 2.01. The molecule has 5 heteroatoms. The van der Waals surface area contributed by atoms with E-state index in [1.807, 2.05) is 6.07 Å². The van der Waals surface area contributed by atoms with Crippen LogP contribution in [0.4, 0.5) is 0 Å². The molecular weight excluding hydrogens is 232 g/mol. The molecule has 1 aromatic rings. The molecule has 0 spiro atoms. The van der Waals surface area contributed by atoms with Crippen LogP contribution < -0.4 is 11.1 Å². The van der Waals surface area contributed by atoms with Crippen molar-refractivity contribution in [1.82, 2.24) is 5.32 Å². The van der Waals surface area contributed by atoms with E-state index < -0.39 is 11.5 Å². The first-order chi connectivity index (χ1) is 8.59. The Morgan fingerprint density at radius 2 is 2.39 bits per heavy atom. The van der Waals surface area contributed by atoms with Crippen molar-refractivity contribution in [3.63, 3.8) is 0 Å². The molecule has 1 aromatic carbocycles. The van der Waals surface area contributed by atoms with E-state index in [1.54, 1.807) is 18.2 Å².